The van der Waals surface area contributed by atoms with Crippen molar-refractivity contribution >= 4 is 23.4 Å². The fraction of sp³-hybridized carbons (Fsp3) is 0.538. The fourth-order valence-electron chi connectivity index (χ4n) is 1.54. The van der Waals surface area contributed by atoms with Gasteiger partial charge >= 0.3 is 0 Å². The third-order valence-electron chi connectivity index (χ3n) is 2.61. The zero-order valence-corrected chi connectivity index (χ0v) is 11.7. The Morgan fingerprint density at radius 2 is 2.06 bits per heavy atom. The van der Waals surface area contributed by atoms with E-state index in [4.69, 9.17) is 17.3 Å². The molecule has 0 aliphatic rings. The van der Waals surface area contributed by atoms with E-state index in [0.717, 1.165) is 11.4 Å². The van der Waals surface area contributed by atoms with Crippen molar-refractivity contribution in [2.75, 3.05) is 0 Å². The zero-order valence-electron chi connectivity index (χ0n) is 10.1. The molecule has 16 heavy (non-hydrogen) atoms. The van der Waals surface area contributed by atoms with Gasteiger partial charge in [-0.2, -0.15) is 0 Å². The molecule has 1 rings (SSSR count). The molecule has 0 saturated heterocycles. The van der Waals surface area contributed by atoms with Gasteiger partial charge in [-0.05, 0) is 31.0 Å². The summed E-state index contributed by atoms with van der Waals surface area (Å²) in [7, 11) is 0. The Bertz CT molecular complexity index is 327. The number of hydrogen-bond acceptors (Lipinski definition) is 2. The Morgan fingerprint density at radius 1 is 1.38 bits per heavy atom. The molecule has 0 aliphatic carbocycles. The van der Waals surface area contributed by atoms with Crippen molar-refractivity contribution in [1.82, 2.24) is 0 Å². The first kappa shape index (κ1) is 13.9. The average molecular weight is 258 g/mol. The van der Waals surface area contributed by atoms with Crippen LogP contribution in [0.25, 0.3) is 0 Å². The molecule has 2 N–H and O–H groups in total. The maximum absolute atomic E-state index is 6.06. The zero-order chi connectivity index (χ0) is 12.1. The lowest BCUT2D eigenvalue weighted by molar-refractivity contribution is 0.715. The minimum atomic E-state index is 0.137. The topological polar surface area (TPSA) is 26.0 Å². The van der Waals surface area contributed by atoms with E-state index in [2.05, 4.69) is 26.8 Å². The van der Waals surface area contributed by atoms with Crippen molar-refractivity contribution in [2.45, 2.75) is 43.7 Å². The first-order valence-corrected chi connectivity index (χ1v) is 7.03. The third-order valence-corrected chi connectivity index (χ3v) is 4.64. The molecule has 3 heteroatoms. The maximum atomic E-state index is 6.06. The molecular weight excluding hydrogens is 238 g/mol. The van der Waals surface area contributed by atoms with Crippen molar-refractivity contribution in [2.24, 2.45) is 5.73 Å². The average Bonchev–Trinajstić information content (AvgIpc) is 2.25. The minimum Gasteiger partial charge on any atom is -0.327 e. The predicted octanol–water partition coefficient (Wildman–Crippen LogP) is 4.26. The lowest BCUT2D eigenvalue weighted by atomic mass is 10.1. The molecule has 3 atom stereocenters. The van der Waals surface area contributed by atoms with Crippen LogP contribution in [-0.4, -0.2) is 11.3 Å². The summed E-state index contributed by atoms with van der Waals surface area (Å²) >= 11 is 7.94. The number of benzene rings is 1. The fourth-order valence-corrected chi connectivity index (χ4v) is 2.98. The van der Waals surface area contributed by atoms with E-state index in [1.54, 1.807) is 0 Å². The van der Waals surface area contributed by atoms with E-state index >= 15 is 0 Å². The summed E-state index contributed by atoms with van der Waals surface area (Å²) < 4.78 is 0. The van der Waals surface area contributed by atoms with Crippen LogP contribution in [0.2, 0.25) is 5.02 Å². The molecule has 0 radical (unpaired) electrons. The molecule has 90 valence electrons. The Kier molecular flexibility index (Phi) is 5.67. The van der Waals surface area contributed by atoms with Crippen LogP contribution in [0.4, 0.5) is 0 Å². The van der Waals surface area contributed by atoms with Gasteiger partial charge in [0.05, 0.1) is 0 Å². The van der Waals surface area contributed by atoms with Crippen molar-refractivity contribution in [3.8, 4) is 0 Å². The van der Waals surface area contributed by atoms with E-state index in [-0.39, 0.29) is 6.04 Å². The Balaban J connectivity index is 2.85. The van der Waals surface area contributed by atoms with Gasteiger partial charge in [-0.25, -0.2) is 0 Å². The lowest BCUT2D eigenvalue weighted by Gasteiger charge is -2.24. The number of hydrogen-bond donors (Lipinski definition) is 1. The van der Waals surface area contributed by atoms with Crippen molar-refractivity contribution in [1.29, 1.82) is 0 Å². The van der Waals surface area contributed by atoms with E-state index in [0.29, 0.717) is 10.5 Å². The van der Waals surface area contributed by atoms with Gasteiger partial charge in [0.15, 0.2) is 0 Å². The second-order valence-electron chi connectivity index (χ2n) is 4.19. The molecular formula is C13H20ClNS. The van der Waals surface area contributed by atoms with Crippen molar-refractivity contribution < 1.29 is 0 Å². The number of nitrogens with two attached hydrogens (primary N) is 1. The number of halogens is 1. The molecule has 3 unspecified atom stereocenters. The monoisotopic (exact) mass is 257 g/mol. The first-order valence-electron chi connectivity index (χ1n) is 5.71. The van der Waals surface area contributed by atoms with E-state index in [1.807, 2.05) is 30.0 Å². The summed E-state index contributed by atoms with van der Waals surface area (Å²) in [4.78, 5) is 0. The first-order chi connectivity index (χ1) is 7.54. The molecule has 0 aromatic heterocycles. The minimum absolute atomic E-state index is 0.137. The molecule has 0 amide bonds. The summed E-state index contributed by atoms with van der Waals surface area (Å²) in [6.45, 7) is 6.50. The quantitative estimate of drug-likeness (QED) is 0.853. The van der Waals surface area contributed by atoms with Crippen LogP contribution in [0.5, 0.6) is 0 Å². The number of thioether (sulfide) groups is 1. The number of rotatable bonds is 5. The molecule has 0 heterocycles. The molecule has 1 aromatic rings. The Labute approximate surface area is 108 Å². The van der Waals surface area contributed by atoms with Crippen molar-refractivity contribution in [3.05, 3.63) is 34.9 Å². The molecule has 0 spiro atoms. The summed E-state index contributed by atoms with van der Waals surface area (Å²) in [5, 5.41) is 1.73. The third kappa shape index (κ3) is 4.00. The van der Waals surface area contributed by atoms with Gasteiger partial charge in [0.2, 0.25) is 0 Å². The smallest absolute Gasteiger partial charge is 0.0448 e. The molecule has 0 bridgehead atoms. The second kappa shape index (κ2) is 6.53. The van der Waals surface area contributed by atoms with Crippen LogP contribution in [0.3, 0.4) is 0 Å². The SMILES string of the molecule is CCC(C)SC(c1cccc(Cl)c1)C(C)N. The van der Waals surface area contributed by atoms with E-state index in [9.17, 15) is 0 Å². The normalized spacial score (nSPS) is 16.8. The van der Waals surface area contributed by atoms with Crippen LogP contribution in [-0.2, 0) is 0 Å². The second-order valence-corrected chi connectivity index (χ2v) is 6.21. The van der Waals surface area contributed by atoms with Gasteiger partial charge < -0.3 is 5.73 Å². The van der Waals surface area contributed by atoms with E-state index in [1.165, 1.54) is 5.56 Å². The van der Waals surface area contributed by atoms with Gasteiger partial charge in [0, 0.05) is 21.6 Å². The molecule has 0 fully saturated rings. The Hall–Kier alpha value is -0.180. The van der Waals surface area contributed by atoms with Gasteiger partial charge in [-0.3, -0.25) is 0 Å². The highest BCUT2D eigenvalue weighted by molar-refractivity contribution is 8.00. The van der Waals surface area contributed by atoms with Crippen LogP contribution in [0.15, 0.2) is 24.3 Å². The molecule has 0 aliphatic heterocycles. The van der Waals surface area contributed by atoms with Crippen LogP contribution >= 0.6 is 23.4 Å². The highest BCUT2D eigenvalue weighted by Gasteiger charge is 2.19. The highest BCUT2D eigenvalue weighted by Crippen LogP contribution is 2.36. The van der Waals surface area contributed by atoms with Crippen molar-refractivity contribution in [3.63, 3.8) is 0 Å². The Morgan fingerprint density at radius 3 is 2.56 bits per heavy atom. The maximum Gasteiger partial charge on any atom is 0.0448 e. The van der Waals surface area contributed by atoms with Crippen LogP contribution in [0.1, 0.15) is 38.0 Å². The molecule has 1 nitrogen and oxygen atoms in total. The van der Waals surface area contributed by atoms with Gasteiger partial charge in [-0.15, -0.1) is 11.8 Å². The molecule has 1 aromatic carbocycles. The summed E-state index contributed by atoms with van der Waals surface area (Å²) in [6.07, 6.45) is 1.16. The largest absolute Gasteiger partial charge is 0.327 e. The van der Waals surface area contributed by atoms with Gasteiger partial charge in [-0.1, -0.05) is 37.6 Å². The predicted molar refractivity (Wildman–Crippen MR) is 75.2 cm³/mol. The van der Waals surface area contributed by atoms with Crippen LogP contribution < -0.4 is 5.73 Å². The molecule has 0 saturated carbocycles. The van der Waals surface area contributed by atoms with E-state index < -0.39 is 0 Å². The van der Waals surface area contributed by atoms with Gasteiger partial charge in [0.1, 0.15) is 0 Å². The highest BCUT2D eigenvalue weighted by atomic mass is 35.5. The summed E-state index contributed by atoms with van der Waals surface area (Å²) in [5.74, 6) is 0. The standard InChI is InChI=1S/C13H20ClNS/c1-4-9(2)16-13(10(3)15)11-6-5-7-12(14)8-11/h5-10,13H,4,15H2,1-3H3. The van der Waals surface area contributed by atoms with Crippen LogP contribution in [0, 0.1) is 0 Å². The lowest BCUT2D eigenvalue weighted by Crippen LogP contribution is -2.24. The summed E-state index contributed by atoms with van der Waals surface area (Å²) in [5.41, 5.74) is 7.29. The summed E-state index contributed by atoms with van der Waals surface area (Å²) in [6, 6.07) is 8.15. The van der Waals surface area contributed by atoms with Gasteiger partial charge in [0.25, 0.3) is 0 Å².